The minimum atomic E-state index is 0.373. The van der Waals surface area contributed by atoms with Crippen LogP contribution in [0.5, 0.6) is 5.75 Å². The molecule has 0 spiro atoms. The normalized spacial score (nSPS) is 12.8. The van der Waals surface area contributed by atoms with E-state index in [-0.39, 0.29) is 0 Å². The second kappa shape index (κ2) is 7.30. The van der Waals surface area contributed by atoms with Crippen LogP contribution in [0.2, 0.25) is 0 Å². The van der Waals surface area contributed by atoms with Crippen molar-refractivity contribution in [3.63, 3.8) is 0 Å². The molecule has 0 aliphatic rings. The Bertz CT molecular complexity index is 311. The first-order valence-corrected chi connectivity index (χ1v) is 6.21. The number of ether oxygens (including phenoxy) is 1. The number of likely N-dealkylation sites (N-methyl/N-ethyl adjacent to an activating group) is 2. The molecule has 0 radical (unpaired) electrons. The molecule has 0 aliphatic heterocycles. The van der Waals surface area contributed by atoms with E-state index in [9.17, 15) is 0 Å². The molecule has 96 valence electrons. The van der Waals surface area contributed by atoms with Crippen molar-refractivity contribution in [2.45, 2.75) is 19.4 Å². The van der Waals surface area contributed by atoms with Crippen molar-refractivity contribution in [2.75, 3.05) is 34.3 Å². The quantitative estimate of drug-likeness (QED) is 0.786. The van der Waals surface area contributed by atoms with Crippen molar-refractivity contribution >= 4 is 0 Å². The number of hydrogen-bond donors (Lipinski definition) is 1. The summed E-state index contributed by atoms with van der Waals surface area (Å²) in [5.74, 6) is 0.908. The molecule has 1 unspecified atom stereocenters. The van der Waals surface area contributed by atoms with Gasteiger partial charge in [0, 0.05) is 12.6 Å². The summed E-state index contributed by atoms with van der Waals surface area (Å²) < 4.78 is 5.17. The highest BCUT2D eigenvalue weighted by molar-refractivity contribution is 5.29. The summed E-state index contributed by atoms with van der Waals surface area (Å²) >= 11 is 0. The van der Waals surface area contributed by atoms with E-state index in [0.29, 0.717) is 6.04 Å². The lowest BCUT2D eigenvalue weighted by Crippen LogP contribution is -2.31. The van der Waals surface area contributed by atoms with Gasteiger partial charge in [0.25, 0.3) is 0 Å². The predicted molar refractivity (Wildman–Crippen MR) is 72.6 cm³/mol. The lowest BCUT2D eigenvalue weighted by Gasteiger charge is -2.23. The van der Waals surface area contributed by atoms with Gasteiger partial charge in [-0.1, -0.05) is 19.1 Å². The molecule has 3 nitrogen and oxygen atoms in total. The van der Waals surface area contributed by atoms with Crippen LogP contribution in [0.25, 0.3) is 0 Å². The lowest BCUT2D eigenvalue weighted by atomic mass is 10.1. The standard InChI is InChI=1S/C14H24N2O/c1-5-10-16(3)11-14(15-2)12-6-8-13(17-4)9-7-12/h6-9,14-15H,5,10-11H2,1-4H3. The summed E-state index contributed by atoms with van der Waals surface area (Å²) in [5, 5.41) is 3.36. The van der Waals surface area contributed by atoms with Crippen molar-refractivity contribution in [1.82, 2.24) is 10.2 Å². The molecule has 3 heteroatoms. The maximum absolute atomic E-state index is 5.17. The van der Waals surface area contributed by atoms with Crippen LogP contribution in [-0.4, -0.2) is 39.2 Å². The minimum Gasteiger partial charge on any atom is -0.497 e. The Hall–Kier alpha value is -1.06. The topological polar surface area (TPSA) is 24.5 Å². The van der Waals surface area contributed by atoms with E-state index in [0.717, 1.165) is 18.8 Å². The molecule has 0 heterocycles. The van der Waals surface area contributed by atoms with Gasteiger partial charge in [-0.05, 0) is 44.8 Å². The summed E-state index contributed by atoms with van der Waals surface area (Å²) in [4.78, 5) is 2.35. The summed E-state index contributed by atoms with van der Waals surface area (Å²) in [6.45, 7) is 4.36. The summed E-state index contributed by atoms with van der Waals surface area (Å²) in [6, 6.07) is 8.65. The summed E-state index contributed by atoms with van der Waals surface area (Å²) in [6.07, 6.45) is 1.19. The fraction of sp³-hybridized carbons (Fsp3) is 0.571. The Kier molecular flexibility index (Phi) is 6.01. The number of benzene rings is 1. The van der Waals surface area contributed by atoms with Gasteiger partial charge >= 0.3 is 0 Å². The molecular formula is C14H24N2O. The second-order valence-electron chi connectivity index (χ2n) is 4.38. The number of nitrogens with zero attached hydrogens (tertiary/aromatic N) is 1. The van der Waals surface area contributed by atoms with E-state index in [4.69, 9.17) is 4.74 Å². The Balaban J connectivity index is 2.65. The second-order valence-corrected chi connectivity index (χ2v) is 4.38. The van der Waals surface area contributed by atoms with Gasteiger partial charge in [-0.2, -0.15) is 0 Å². The zero-order valence-electron chi connectivity index (χ0n) is 11.4. The fourth-order valence-corrected chi connectivity index (χ4v) is 1.98. The molecule has 1 aromatic carbocycles. The van der Waals surface area contributed by atoms with Gasteiger partial charge in [-0.3, -0.25) is 0 Å². The maximum atomic E-state index is 5.17. The van der Waals surface area contributed by atoms with Gasteiger partial charge in [-0.25, -0.2) is 0 Å². The van der Waals surface area contributed by atoms with Crippen LogP contribution in [0, 0.1) is 0 Å². The maximum Gasteiger partial charge on any atom is 0.118 e. The van der Waals surface area contributed by atoms with Gasteiger partial charge in [-0.15, -0.1) is 0 Å². The average Bonchev–Trinajstić information content (AvgIpc) is 2.36. The zero-order chi connectivity index (χ0) is 12.7. The first-order valence-electron chi connectivity index (χ1n) is 6.21. The molecule has 0 aromatic heterocycles. The molecule has 0 saturated heterocycles. The van der Waals surface area contributed by atoms with Crippen molar-refractivity contribution in [3.05, 3.63) is 29.8 Å². The van der Waals surface area contributed by atoms with E-state index in [1.54, 1.807) is 7.11 Å². The van der Waals surface area contributed by atoms with Crippen molar-refractivity contribution in [1.29, 1.82) is 0 Å². The molecule has 0 bridgehead atoms. The Morgan fingerprint density at radius 2 is 1.94 bits per heavy atom. The van der Waals surface area contributed by atoms with Crippen LogP contribution in [0.1, 0.15) is 24.9 Å². The van der Waals surface area contributed by atoms with Crippen molar-refractivity contribution in [2.24, 2.45) is 0 Å². The molecule has 1 aromatic rings. The Labute approximate surface area is 105 Å². The highest BCUT2D eigenvalue weighted by Gasteiger charge is 2.11. The van der Waals surface area contributed by atoms with Gasteiger partial charge in [0.2, 0.25) is 0 Å². The third-order valence-electron chi connectivity index (χ3n) is 2.97. The number of hydrogen-bond acceptors (Lipinski definition) is 3. The molecule has 17 heavy (non-hydrogen) atoms. The monoisotopic (exact) mass is 236 g/mol. The van der Waals surface area contributed by atoms with Crippen LogP contribution >= 0.6 is 0 Å². The lowest BCUT2D eigenvalue weighted by molar-refractivity contribution is 0.297. The number of methoxy groups -OCH3 is 1. The van der Waals surface area contributed by atoms with Crippen LogP contribution in [-0.2, 0) is 0 Å². The fourth-order valence-electron chi connectivity index (χ4n) is 1.98. The van der Waals surface area contributed by atoms with E-state index in [1.807, 2.05) is 19.2 Å². The van der Waals surface area contributed by atoms with Gasteiger partial charge in [0.15, 0.2) is 0 Å². The SMILES string of the molecule is CCCN(C)CC(NC)c1ccc(OC)cc1. The molecular weight excluding hydrogens is 212 g/mol. The van der Waals surface area contributed by atoms with Crippen LogP contribution < -0.4 is 10.1 Å². The van der Waals surface area contributed by atoms with Crippen LogP contribution in [0.4, 0.5) is 0 Å². The van der Waals surface area contributed by atoms with E-state index in [1.165, 1.54) is 12.0 Å². The smallest absolute Gasteiger partial charge is 0.118 e. The Morgan fingerprint density at radius 1 is 1.29 bits per heavy atom. The first kappa shape index (κ1) is 14.0. The largest absolute Gasteiger partial charge is 0.497 e. The average molecular weight is 236 g/mol. The molecule has 0 amide bonds. The molecule has 0 aliphatic carbocycles. The molecule has 0 fully saturated rings. The molecule has 1 rings (SSSR count). The van der Waals surface area contributed by atoms with E-state index in [2.05, 4.69) is 36.3 Å². The molecule has 0 saturated carbocycles. The number of nitrogens with one attached hydrogen (secondary N) is 1. The highest BCUT2D eigenvalue weighted by Crippen LogP contribution is 2.18. The summed E-state index contributed by atoms with van der Waals surface area (Å²) in [5.41, 5.74) is 1.30. The molecule has 1 N–H and O–H groups in total. The molecule has 1 atom stereocenters. The van der Waals surface area contributed by atoms with Crippen molar-refractivity contribution < 1.29 is 4.74 Å². The van der Waals surface area contributed by atoms with Gasteiger partial charge < -0.3 is 15.0 Å². The zero-order valence-corrected chi connectivity index (χ0v) is 11.4. The Morgan fingerprint density at radius 3 is 2.41 bits per heavy atom. The van der Waals surface area contributed by atoms with E-state index < -0.39 is 0 Å². The highest BCUT2D eigenvalue weighted by atomic mass is 16.5. The summed E-state index contributed by atoms with van der Waals surface area (Å²) in [7, 11) is 5.87. The minimum absolute atomic E-state index is 0.373. The van der Waals surface area contributed by atoms with Crippen molar-refractivity contribution in [3.8, 4) is 5.75 Å². The van der Waals surface area contributed by atoms with Gasteiger partial charge in [0.05, 0.1) is 7.11 Å². The van der Waals surface area contributed by atoms with Crippen LogP contribution in [0.15, 0.2) is 24.3 Å². The first-order chi connectivity index (χ1) is 8.21. The third-order valence-corrected chi connectivity index (χ3v) is 2.97. The van der Waals surface area contributed by atoms with E-state index >= 15 is 0 Å². The van der Waals surface area contributed by atoms with Gasteiger partial charge in [0.1, 0.15) is 5.75 Å². The third kappa shape index (κ3) is 4.36. The number of rotatable bonds is 7. The predicted octanol–water partition coefficient (Wildman–Crippen LogP) is 2.30. The van der Waals surface area contributed by atoms with Crippen LogP contribution in [0.3, 0.4) is 0 Å².